The van der Waals surface area contributed by atoms with Gasteiger partial charge in [-0.1, -0.05) is 18.2 Å². The van der Waals surface area contributed by atoms with E-state index in [0.29, 0.717) is 13.2 Å². The predicted molar refractivity (Wildman–Crippen MR) is 67.5 cm³/mol. The van der Waals surface area contributed by atoms with E-state index in [1.165, 1.54) is 0 Å². The minimum atomic E-state index is -2.32. The average molecular weight is 240 g/mol. The molecular formula is C12H20O3Si. The average Bonchev–Trinajstić information content (AvgIpc) is 2.29. The van der Waals surface area contributed by atoms with Crippen LogP contribution in [0.2, 0.25) is 6.55 Å². The summed E-state index contributed by atoms with van der Waals surface area (Å²) in [7, 11) is -0.644. The van der Waals surface area contributed by atoms with Gasteiger partial charge in [0.25, 0.3) is 0 Å². The lowest BCUT2D eigenvalue weighted by Gasteiger charge is -2.27. The van der Waals surface area contributed by atoms with Crippen molar-refractivity contribution in [3.8, 4) is 5.75 Å². The van der Waals surface area contributed by atoms with E-state index in [-0.39, 0.29) is 0 Å². The van der Waals surface area contributed by atoms with Crippen LogP contribution in [-0.4, -0.2) is 28.9 Å². The Hall–Kier alpha value is -0.843. The van der Waals surface area contributed by atoms with Crippen LogP contribution >= 0.6 is 0 Å². The minimum Gasteiger partial charge on any atom is -0.497 e. The highest BCUT2D eigenvalue weighted by Gasteiger charge is 2.36. The first kappa shape index (κ1) is 13.2. The number of hydrogen-bond donors (Lipinski definition) is 0. The highest BCUT2D eigenvalue weighted by atomic mass is 28.4. The number of para-hydroxylation sites is 1. The van der Waals surface area contributed by atoms with Gasteiger partial charge in [0.15, 0.2) is 0 Å². The molecule has 0 aliphatic heterocycles. The Labute approximate surface area is 98.6 Å². The molecule has 0 aromatic heterocycles. The van der Waals surface area contributed by atoms with Gasteiger partial charge in [-0.25, -0.2) is 0 Å². The van der Waals surface area contributed by atoms with Crippen LogP contribution in [0, 0.1) is 0 Å². The van der Waals surface area contributed by atoms with Gasteiger partial charge in [-0.15, -0.1) is 0 Å². The lowest BCUT2D eigenvalue weighted by atomic mass is 10.3. The third kappa shape index (κ3) is 2.84. The van der Waals surface area contributed by atoms with E-state index < -0.39 is 8.56 Å². The normalized spacial score (nSPS) is 11.5. The van der Waals surface area contributed by atoms with Crippen molar-refractivity contribution in [3.63, 3.8) is 0 Å². The lowest BCUT2D eigenvalue weighted by molar-refractivity contribution is 0.201. The lowest BCUT2D eigenvalue weighted by Crippen LogP contribution is -2.51. The summed E-state index contributed by atoms with van der Waals surface area (Å²) < 4.78 is 17.0. The maximum Gasteiger partial charge on any atom is 0.373 e. The van der Waals surface area contributed by atoms with E-state index in [9.17, 15) is 0 Å². The molecule has 0 aliphatic carbocycles. The fourth-order valence-electron chi connectivity index (χ4n) is 1.77. The molecule has 1 aromatic rings. The van der Waals surface area contributed by atoms with Gasteiger partial charge >= 0.3 is 8.56 Å². The molecular weight excluding hydrogens is 220 g/mol. The minimum absolute atomic E-state index is 0.654. The molecule has 0 atom stereocenters. The summed E-state index contributed by atoms with van der Waals surface area (Å²) in [5.41, 5.74) is 0. The van der Waals surface area contributed by atoms with Gasteiger partial charge < -0.3 is 13.6 Å². The van der Waals surface area contributed by atoms with Crippen molar-refractivity contribution in [2.45, 2.75) is 20.4 Å². The number of hydrogen-bond acceptors (Lipinski definition) is 3. The second-order valence-electron chi connectivity index (χ2n) is 3.51. The fraction of sp³-hybridized carbons (Fsp3) is 0.500. The number of methoxy groups -OCH3 is 1. The number of rotatable bonds is 6. The van der Waals surface area contributed by atoms with Crippen molar-refractivity contribution in [2.24, 2.45) is 0 Å². The molecule has 0 saturated carbocycles. The van der Waals surface area contributed by atoms with Gasteiger partial charge in [-0.2, -0.15) is 0 Å². The van der Waals surface area contributed by atoms with E-state index in [0.717, 1.165) is 10.9 Å². The first-order chi connectivity index (χ1) is 7.68. The fourth-order valence-corrected chi connectivity index (χ4v) is 4.30. The van der Waals surface area contributed by atoms with Crippen LogP contribution in [0.1, 0.15) is 13.8 Å². The van der Waals surface area contributed by atoms with Gasteiger partial charge in [0.05, 0.1) is 7.11 Å². The molecule has 0 amide bonds. The smallest absolute Gasteiger partial charge is 0.373 e. The summed E-state index contributed by atoms with van der Waals surface area (Å²) in [6, 6.07) is 7.91. The number of benzene rings is 1. The van der Waals surface area contributed by atoms with Crippen molar-refractivity contribution in [1.82, 2.24) is 0 Å². The molecule has 0 aliphatic rings. The van der Waals surface area contributed by atoms with Gasteiger partial charge in [0.2, 0.25) is 0 Å². The Morgan fingerprint density at radius 3 is 2.12 bits per heavy atom. The quantitative estimate of drug-likeness (QED) is 0.712. The van der Waals surface area contributed by atoms with Crippen molar-refractivity contribution < 1.29 is 13.6 Å². The van der Waals surface area contributed by atoms with E-state index in [2.05, 4.69) is 6.55 Å². The van der Waals surface area contributed by atoms with E-state index in [4.69, 9.17) is 13.6 Å². The number of ether oxygens (including phenoxy) is 1. The molecule has 0 N–H and O–H groups in total. The third-order valence-electron chi connectivity index (χ3n) is 2.44. The zero-order valence-electron chi connectivity index (χ0n) is 10.4. The summed E-state index contributed by atoms with van der Waals surface area (Å²) in [5, 5.41) is 1.06. The van der Waals surface area contributed by atoms with Crippen LogP contribution in [0.4, 0.5) is 0 Å². The molecule has 0 bridgehead atoms. The van der Waals surface area contributed by atoms with Gasteiger partial charge in [-0.3, -0.25) is 0 Å². The Bertz CT molecular complexity index is 322. The largest absolute Gasteiger partial charge is 0.497 e. The molecule has 3 nitrogen and oxygen atoms in total. The van der Waals surface area contributed by atoms with E-state index >= 15 is 0 Å². The molecule has 16 heavy (non-hydrogen) atoms. The van der Waals surface area contributed by atoms with Crippen molar-refractivity contribution >= 4 is 13.7 Å². The van der Waals surface area contributed by atoms with E-state index in [1.807, 2.05) is 38.1 Å². The van der Waals surface area contributed by atoms with Crippen LogP contribution < -0.4 is 9.92 Å². The Kier molecular flexibility index (Phi) is 4.98. The zero-order chi connectivity index (χ0) is 12.0. The Morgan fingerprint density at radius 1 is 1.06 bits per heavy atom. The second kappa shape index (κ2) is 6.03. The van der Waals surface area contributed by atoms with Crippen LogP contribution in [0.5, 0.6) is 5.75 Å². The van der Waals surface area contributed by atoms with Crippen LogP contribution in [0.3, 0.4) is 0 Å². The van der Waals surface area contributed by atoms with Gasteiger partial charge in [0, 0.05) is 18.4 Å². The molecule has 1 rings (SSSR count). The molecule has 90 valence electrons. The maximum atomic E-state index is 5.84. The van der Waals surface area contributed by atoms with Crippen molar-refractivity contribution in [3.05, 3.63) is 24.3 Å². The summed E-state index contributed by atoms with van der Waals surface area (Å²) in [6.45, 7) is 7.33. The van der Waals surface area contributed by atoms with Crippen LogP contribution in [0.15, 0.2) is 24.3 Å². The maximum absolute atomic E-state index is 5.84. The monoisotopic (exact) mass is 240 g/mol. The van der Waals surface area contributed by atoms with Crippen LogP contribution in [0.25, 0.3) is 0 Å². The molecule has 0 saturated heterocycles. The standard InChI is InChI=1S/C12H20O3Si/c1-5-14-16(4,15-6-2)12-10-8-7-9-11(12)13-3/h7-10H,5-6H2,1-4H3. The first-order valence-electron chi connectivity index (χ1n) is 5.59. The highest BCUT2D eigenvalue weighted by molar-refractivity contribution is 6.80. The highest BCUT2D eigenvalue weighted by Crippen LogP contribution is 2.16. The predicted octanol–water partition coefficient (Wildman–Crippen LogP) is 2.05. The molecule has 0 fully saturated rings. The molecule has 0 heterocycles. The summed E-state index contributed by atoms with van der Waals surface area (Å²) in [4.78, 5) is 0. The Balaban J connectivity index is 3.09. The van der Waals surface area contributed by atoms with Gasteiger partial charge in [0.1, 0.15) is 5.75 Å². The second-order valence-corrected chi connectivity index (χ2v) is 6.52. The third-order valence-corrected chi connectivity index (χ3v) is 5.51. The summed E-state index contributed by atoms with van der Waals surface area (Å²) in [6.07, 6.45) is 0. The van der Waals surface area contributed by atoms with Crippen molar-refractivity contribution in [2.75, 3.05) is 20.3 Å². The molecule has 4 heteroatoms. The first-order valence-corrected chi connectivity index (χ1v) is 7.91. The molecule has 0 radical (unpaired) electrons. The summed E-state index contributed by atoms with van der Waals surface area (Å²) >= 11 is 0. The molecule has 0 spiro atoms. The SMILES string of the molecule is CCO[Si](C)(OCC)c1ccccc1OC. The van der Waals surface area contributed by atoms with Crippen molar-refractivity contribution in [1.29, 1.82) is 0 Å². The van der Waals surface area contributed by atoms with E-state index in [1.54, 1.807) is 7.11 Å². The van der Waals surface area contributed by atoms with Crippen LogP contribution in [-0.2, 0) is 8.85 Å². The topological polar surface area (TPSA) is 27.7 Å². The van der Waals surface area contributed by atoms with Gasteiger partial charge in [-0.05, 0) is 26.5 Å². The Morgan fingerprint density at radius 2 is 1.62 bits per heavy atom. The molecule has 1 aromatic carbocycles. The summed E-state index contributed by atoms with van der Waals surface area (Å²) in [5.74, 6) is 0.846. The molecule has 0 unspecified atom stereocenters. The zero-order valence-corrected chi connectivity index (χ0v) is 11.4.